The summed E-state index contributed by atoms with van der Waals surface area (Å²) in [7, 11) is 0. The summed E-state index contributed by atoms with van der Waals surface area (Å²) in [5.74, 6) is 0.446. The zero-order valence-electron chi connectivity index (χ0n) is 14.8. The smallest absolute Gasteiger partial charge is 0.243 e. The molecule has 0 spiro atoms. The summed E-state index contributed by atoms with van der Waals surface area (Å²) < 4.78 is 15.0. The topological polar surface area (TPSA) is 95.7 Å². The first kappa shape index (κ1) is 18.3. The molecule has 2 heterocycles. The van der Waals surface area contributed by atoms with Crippen molar-refractivity contribution in [2.45, 2.75) is 13.5 Å². The Hall–Kier alpha value is -3.49. The van der Waals surface area contributed by atoms with Gasteiger partial charge in [-0.15, -0.1) is 10.2 Å². The Morgan fingerprint density at radius 2 is 2.07 bits per heavy atom. The van der Waals surface area contributed by atoms with Gasteiger partial charge in [-0.2, -0.15) is 0 Å². The maximum absolute atomic E-state index is 13.2. The summed E-state index contributed by atoms with van der Waals surface area (Å²) in [5.41, 5.74) is 1.15. The summed E-state index contributed by atoms with van der Waals surface area (Å²) >= 11 is 0. The quantitative estimate of drug-likeness (QED) is 0.453. The average Bonchev–Trinajstić information content (AvgIpc) is 3.07. The number of rotatable bonds is 6. The van der Waals surface area contributed by atoms with E-state index < -0.39 is 5.82 Å². The number of nitrogens with zero attached hydrogens (tertiary/aromatic N) is 4. The summed E-state index contributed by atoms with van der Waals surface area (Å²) in [6, 6.07) is 11.4. The van der Waals surface area contributed by atoms with Crippen LogP contribution in [-0.2, 0) is 11.3 Å². The predicted octanol–water partition coefficient (Wildman–Crippen LogP) is 1.56. The number of nitrogens with one attached hydrogen (secondary N) is 3. The fourth-order valence-electron chi connectivity index (χ4n) is 2.43. The van der Waals surface area contributed by atoms with Crippen molar-refractivity contribution >= 4 is 23.2 Å². The van der Waals surface area contributed by atoms with E-state index in [1.807, 2.05) is 35.7 Å². The molecule has 140 valence electrons. The number of hydrogen-bond acceptors (Lipinski definition) is 4. The Morgan fingerprint density at radius 3 is 2.89 bits per heavy atom. The van der Waals surface area contributed by atoms with Gasteiger partial charge in [-0.3, -0.25) is 9.20 Å². The standard InChI is InChI=1S/C18H20FN7O/c1-2-20-18(21-11-16-25-24-15-8-3-4-9-26(15)16)22-12-17(27)23-14-7-5-6-13(19)10-14/h3-10H,2,11-12H2,1H3,(H,23,27)(H2,20,21,22). The van der Waals surface area contributed by atoms with Gasteiger partial charge in [0.2, 0.25) is 5.91 Å². The normalized spacial score (nSPS) is 11.4. The Morgan fingerprint density at radius 1 is 1.19 bits per heavy atom. The van der Waals surface area contributed by atoms with Gasteiger partial charge in [0, 0.05) is 18.4 Å². The molecule has 0 aliphatic rings. The number of guanidine groups is 1. The minimum atomic E-state index is -0.406. The molecule has 0 aliphatic carbocycles. The van der Waals surface area contributed by atoms with Crippen LogP contribution in [0.5, 0.6) is 0 Å². The molecule has 9 heteroatoms. The number of aliphatic imine (C=N–C) groups is 1. The Balaban J connectivity index is 1.59. The first-order valence-electron chi connectivity index (χ1n) is 8.52. The SMILES string of the molecule is CCNC(=NCc1nnc2ccccn12)NCC(=O)Nc1cccc(F)c1. The highest BCUT2D eigenvalue weighted by Gasteiger charge is 2.07. The second-order valence-electron chi connectivity index (χ2n) is 5.65. The zero-order valence-corrected chi connectivity index (χ0v) is 14.8. The third kappa shape index (κ3) is 5.00. The van der Waals surface area contributed by atoms with Gasteiger partial charge >= 0.3 is 0 Å². The number of amides is 1. The van der Waals surface area contributed by atoms with Crippen LogP contribution in [0.1, 0.15) is 12.7 Å². The van der Waals surface area contributed by atoms with Crippen molar-refractivity contribution in [3.8, 4) is 0 Å². The highest BCUT2D eigenvalue weighted by atomic mass is 19.1. The molecular formula is C18H20FN7O. The van der Waals surface area contributed by atoms with Crippen molar-refractivity contribution < 1.29 is 9.18 Å². The summed E-state index contributed by atoms with van der Waals surface area (Å²) in [4.78, 5) is 16.5. The molecule has 2 aromatic heterocycles. The van der Waals surface area contributed by atoms with Gasteiger partial charge in [0.25, 0.3) is 0 Å². The van der Waals surface area contributed by atoms with Crippen molar-refractivity contribution in [1.29, 1.82) is 0 Å². The van der Waals surface area contributed by atoms with Crippen LogP contribution in [0, 0.1) is 5.82 Å². The van der Waals surface area contributed by atoms with Gasteiger partial charge in [0.15, 0.2) is 17.4 Å². The number of carbonyl (C=O) groups is 1. The van der Waals surface area contributed by atoms with Gasteiger partial charge in [-0.1, -0.05) is 12.1 Å². The molecule has 0 radical (unpaired) electrons. The Kier molecular flexibility index (Phi) is 5.93. The lowest BCUT2D eigenvalue weighted by Gasteiger charge is -2.11. The number of anilines is 1. The summed E-state index contributed by atoms with van der Waals surface area (Å²) in [5, 5.41) is 16.8. The minimum Gasteiger partial charge on any atom is -0.357 e. The molecule has 0 saturated carbocycles. The van der Waals surface area contributed by atoms with E-state index in [1.165, 1.54) is 18.2 Å². The van der Waals surface area contributed by atoms with Gasteiger partial charge in [-0.25, -0.2) is 9.38 Å². The average molecular weight is 369 g/mol. The first-order chi connectivity index (χ1) is 13.2. The molecule has 8 nitrogen and oxygen atoms in total. The van der Waals surface area contributed by atoms with Crippen molar-refractivity contribution in [2.24, 2.45) is 4.99 Å². The summed E-state index contributed by atoms with van der Waals surface area (Å²) in [6.45, 7) is 2.85. The molecular weight excluding hydrogens is 349 g/mol. The van der Waals surface area contributed by atoms with Crippen LogP contribution in [-0.4, -0.2) is 39.6 Å². The molecule has 0 fully saturated rings. The maximum atomic E-state index is 13.2. The molecule has 0 unspecified atom stereocenters. The number of carbonyl (C=O) groups excluding carboxylic acids is 1. The molecule has 0 atom stereocenters. The Bertz CT molecular complexity index is 954. The van der Waals surface area contributed by atoms with E-state index in [0.29, 0.717) is 30.6 Å². The molecule has 27 heavy (non-hydrogen) atoms. The molecule has 3 rings (SSSR count). The second-order valence-corrected chi connectivity index (χ2v) is 5.65. The molecule has 0 aliphatic heterocycles. The third-order valence-corrected chi connectivity index (χ3v) is 3.63. The molecule has 0 bridgehead atoms. The minimum absolute atomic E-state index is 0.0110. The zero-order chi connectivity index (χ0) is 19.1. The van der Waals surface area contributed by atoms with Crippen molar-refractivity contribution in [3.05, 3.63) is 60.3 Å². The van der Waals surface area contributed by atoms with E-state index in [1.54, 1.807) is 6.07 Å². The molecule has 0 saturated heterocycles. The first-order valence-corrected chi connectivity index (χ1v) is 8.52. The Labute approximate surface area is 155 Å². The molecule has 1 aromatic carbocycles. The predicted molar refractivity (Wildman–Crippen MR) is 101 cm³/mol. The maximum Gasteiger partial charge on any atom is 0.243 e. The van der Waals surface area contributed by atoms with Crippen LogP contribution in [0.3, 0.4) is 0 Å². The largest absolute Gasteiger partial charge is 0.357 e. The highest BCUT2D eigenvalue weighted by Crippen LogP contribution is 2.08. The van der Waals surface area contributed by atoms with Crippen molar-refractivity contribution in [3.63, 3.8) is 0 Å². The number of benzene rings is 1. The fraction of sp³-hybridized carbons (Fsp3) is 0.222. The van der Waals surface area contributed by atoms with Crippen LogP contribution in [0.15, 0.2) is 53.7 Å². The highest BCUT2D eigenvalue weighted by molar-refractivity contribution is 5.94. The van der Waals surface area contributed by atoms with Crippen LogP contribution >= 0.6 is 0 Å². The number of fused-ring (bicyclic) bond motifs is 1. The van der Waals surface area contributed by atoms with Gasteiger partial charge < -0.3 is 16.0 Å². The monoisotopic (exact) mass is 369 g/mol. The number of aromatic nitrogens is 3. The van der Waals surface area contributed by atoms with Gasteiger partial charge in [0.05, 0.1) is 6.54 Å². The molecule has 1 amide bonds. The third-order valence-electron chi connectivity index (χ3n) is 3.63. The summed E-state index contributed by atoms with van der Waals surface area (Å²) in [6.07, 6.45) is 1.87. The van der Waals surface area contributed by atoms with Crippen molar-refractivity contribution in [2.75, 3.05) is 18.4 Å². The van der Waals surface area contributed by atoms with E-state index >= 15 is 0 Å². The number of pyridine rings is 1. The molecule has 3 aromatic rings. The van der Waals surface area contributed by atoms with Gasteiger partial charge in [-0.05, 0) is 37.3 Å². The van der Waals surface area contributed by atoms with E-state index in [-0.39, 0.29) is 12.5 Å². The lowest BCUT2D eigenvalue weighted by Crippen LogP contribution is -2.41. The fourth-order valence-corrected chi connectivity index (χ4v) is 2.43. The van der Waals surface area contributed by atoms with Crippen LogP contribution in [0.2, 0.25) is 0 Å². The van der Waals surface area contributed by atoms with Gasteiger partial charge in [0.1, 0.15) is 12.4 Å². The van der Waals surface area contributed by atoms with E-state index in [0.717, 1.165) is 5.65 Å². The van der Waals surface area contributed by atoms with E-state index in [4.69, 9.17) is 0 Å². The second kappa shape index (κ2) is 8.75. The van der Waals surface area contributed by atoms with Crippen LogP contribution in [0.4, 0.5) is 10.1 Å². The number of halogens is 1. The van der Waals surface area contributed by atoms with E-state index in [2.05, 4.69) is 31.1 Å². The van der Waals surface area contributed by atoms with Crippen molar-refractivity contribution in [1.82, 2.24) is 25.2 Å². The van der Waals surface area contributed by atoms with Crippen LogP contribution < -0.4 is 16.0 Å². The lowest BCUT2D eigenvalue weighted by molar-refractivity contribution is -0.115. The van der Waals surface area contributed by atoms with E-state index in [9.17, 15) is 9.18 Å². The van der Waals surface area contributed by atoms with Crippen LogP contribution in [0.25, 0.3) is 5.65 Å². The lowest BCUT2D eigenvalue weighted by atomic mass is 10.3. The molecule has 3 N–H and O–H groups in total. The number of hydrogen-bond donors (Lipinski definition) is 3.